The summed E-state index contributed by atoms with van der Waals surface area (Å²) in [5.41, 5.74) is 0.745. The van der Waals surface area contributed by atoms with Gasteiger partial charge in [0.25, 0.3) is 5.91 Å². The lowest BCUT2D eigenvalue weighted by Crippen LogP contribution is -2.10. The molecule has 0 saturated carbocycles. The van der Waals surface area contributed by atoms with E-state index in [-0.39, 0.29) is 10.8 Å². The number of rotatable bonds is 3. The summed E-state index contributed by atoms with van der Waals surface area (Å²) < 4.78 is 0. The van der Waals surface area contributed by atoms with E-state index in [1.54, 1.807) is 18.2 Å². The highest BCUT2D eigenvalue weighted by atomic mass is 32.1. The average molecular weight is 272 g/mol. The second-order valence-electron chi connectivity index (χ2n) is 3.62. The van der Waals surface area contributed by atoms with Gasteiger partial charge in [0.2, 0.25) is 0 Å². The van der Waals surface area contributed by atoms with E-state index in [0.717, 1.165) is 11.3 Å². The van der Waals surface area contributed by atoms with Crippen molar-refractivity contribution in [1.82, 2.24) is 0 Å². The number of thiophene rings is 1. The van der Waals surface area contributed by atoms with Gasteiger partial charge in [0.05, 0.1) is 16.6 Å². The summed E-state index contributed by atoms with van der Waals surface area (Å²) in [6.07, 6.45) is 0. The van der Waals surface area contributed by atoms with Crippen molar-refractivity contribution in [2.75, 3.05) is 5.32 Å². The van der Waals surface area contributed by atoms with Crippen LogP contribution in [-0.4, -0.2) is 17.0 Å². The number of hydrogen-bond acceptors (Lipinski definition) is 4. The van der Waals surface area contributed by atoms with E-state index < -0.39 is 5.97 Å². The summed E-state index contributed by atoms with van der Waals surface area (Å²) in [6, 6.07) is 11.2. The lowest BCUT2D eigenvalue weighted by molar-refractivity contribution is 0.0702. The number of hydrogen-bond donors (Lipinski definition) is 2. The molecule has 0 aliphatic carbocycles. The van der Waals surface area contributed by atoms with Gasteiger partial charge in [0.15, 0.2) is 0 Å². The maximum atomic E-state index is 11.9. The third-order valence-corrected chi connectivity index (χ3v) is 3.30. The van der Waals surface area contributed by atoms with E-state index in [9.17, 15) is 9.59 Å². The molecule has 0 unspecified atom stereocenters. The van der Waals surface area contributed by atoms with E-state index in [2.05, 4.69) is 5.32 Å². The van der Waals surface area contributed by atoms with Crippen molar-refractivity contribution in [2.45, 2.75) is 0 Å². The van der Waals surface area contributed by atoms with Gasteiger partial charge >= 0.3 is 5.97 Å². The van der Waals surface area contributed by atoms with Gasteiger partial charge in [-0.3, -0.25) is 4.79 Å². The maximum absolute atomic E-state index is 11.9. The third kappa shape index (κ3) is 2.97. The highest BCUT2D eigenvalue weighted by Gasteiger charge is 2.11. The molecule has 1 aromatic carbocycles. The zero-order valence-electron chi connectivity index (χ0n) is 9.58. The Balaban J connectivity index is 2.16. The molecule has 0 bridgehead atoms. The maximum Gasteiger partial charge on any atom is 0.345 e. The molecular formula is C13H8N2O3S. The minimum atomic E-state index is -1.03. The zero-order chi connectivity index (χ0) is 13.8. The molecular weight excluding hydrogens is 264 g/mol. The van der Waals surface area contributed by atoms with Gasteiger partial charge in [-0.25, -0.2) is 4.79 Å². The summed E-state index contributed by atoms with van der Waals surface area (Å²) in [6.45, 7) is 0. The van der Waals surface area contributed by atoms with Crippen molar-refractivity contribution in [2.24, 2.45) is 0 Å². The smallest absolute Gasteiger partial charge is 0.345 e. The first-order valence-corrected chi connectivity index (χ1v) is 6.06. The number of carbonyl (C=O) groups is 2. The Morgan fingerprint density at radius 2 is 2.05 bits per heavy atom. The number of benzene rings is 1. The predicted molar refractivity (Wildman–Crippen MR) is 70.4 cm³/mol. The predicted octanol–water partition coefficient (Wildman–Crippen LogP) is 2.57. The number of aromatic carboxylic acids is 1. The van der Waals surface area contributed by atoms with Crippen LogP contribution in [0, 0.1) is 11.3 Å². The summed E-state index contributed by atoms with van der Waals surface area (Å²) in [5, 5.41) is 20.6. The molecule has 0 saturated heterocycles. The zero-order valence-corrected chi connectivity index (χ0v) is 10.4. The highest BCUT2D eigenvalue weighted by Crippen LogP contribution is 2.22. The summed E-state index contributed by atoms with van der Waals surface area (Å²) in [4.78, 5) is 22.8. The standard InChI is InChI=1S/C13H8N2O3S/c14-7-8-2-1-3-9(6-8)12(16)15-11-5-4-10(19-11)13(17)18/h1-6H,(H,15,16)(H,17,18). The van der Waals surface area contributed by atoms with Crippen LogP contribution in [0.15, 0.2) is 36.4 Å². The number of carboxylic acid groups (broad SMARTS) is 1. The Bertz CT molecular complexity index is 685. The first kappa shape index (κ1) is 12.8. The molecule has 2 N–H and O–H groups in total. The fourth-order valence-electron chi connectivity index (χ4n) is 1.43. The first-order chi connectivity index (χ1) is 9.10. The lowest BCUT2D eigenvalue weighted by Gasteiger charge is -2.02. The second-order valence-corrected chi connectivity index (χ2v) is 4.70. The molecule has 0 aliphatic rings. The van der Waals surface area contributed by atoms with Gasteiger partial charge < -0.3 is 10.4 Å². The number of amides is 1. The number of carbonyl (C=O) groups excluding carboxylic acids is 1. The largest absolute Gasteiger partial charge is 0.477 e. The van der Waals surface area contributed by atoms with Crippen molar-refractivity contribution in [3.05, 3.63) is 52.4 Å². The molecule has 1 heterocycles. The van der Waals surface area contributed by atoms with Crippen LogP contribution in [0.1, 0.15) is 25.6 Å². The van der Waals surface area contributed by atoms with Gasteiger partial charge in [-0.1, -0.05) is 6.07 Å². The van der Waals surface area contributed by atoms with Crippen molar-refractivity contribution in [3.8, 4) is 6.07 Å². The molecule has 19 heavy (non-hydrogen) atoms. The van der Waals surface area contributed by atoms with Crippen LogP contribution in [0.4, 0.5) is 5.00 Å². The molecule has 0 atom stereocenters. The minimum absolute atomic E-state index is 0.154. The molecule has 0 fully saturated rings. The average Bonchev–Trinajstić information content (AvgIpc) is 2.87. The number of nitriles is 1. The second kappa shape index (κ2) is 5.33. The van der Waals surface area contributed by atoms with E-state index >= 15 is 0 Å². The number of nitrogens with zero attached hydrogens (tertiary/aromatic N) is 1. The fraction of sp³-hybridized carbons (Fsp3) is 0. The minimum Gasteiger partial charge on any atom is -0.477 e. The van der Waals surface area contributed by atoms with Crippen molar-refractivity contribution in [1.29, 1.82) is 5.26 Å². The summed E-state index contributed by atoms with van der Waals surface area (Å²) >= 11 is 0.977. The Morgan fingerprint density at radius 1 is 1.26 bits per heavy atom. The lowest BCUT2D eigenvalue weighted by atomic mass is 10.1. The van der Waals surface area contributed by atoms with Crippen LogP contribution in [0.5, 0.6) is 0 Å². The van der Waals surface area contributed by atoms with Crippen LogP contribution in [-0.2, 0) is 0 Å². The van der Waals surface area contributed by atoms with Gasteiger partial charge in [-0.15, -0.1) is 11.3 Å². The molecule has 0 radical (unpaired) electrons. The molecule has 94 valence electrons. The van der Waals surface area contributed by atoms with E-state index in [1.165, 1.54) is 18.2 Å². The quantitative estimate of drug-likeness (QED) is 0.898. The molecule has 2 rings (SSSR count). The normalized spacial score (nSPS) is 9.63. The Morgan fingerprint density at radius 3 is 2.68 bits per heavy atom. The number of carboxylic acids is 1. The molecule has 1 aromatic heterocycles. The molecule has 2 aromatic rings. The van der Waals surface area contributed by atoms with E-state index in [4.69, 9.17) is 10.4 Å². The van der Waals surface area contributed by atoms with Crippen LogP contribution in [0.3, 0.4) is 0 Å². The summed E-state index contributed by atoms with van der Waals surface area (Å²) in [7, 11) is 0. The van der Waals surface area contributed by atoms with E-state index in [1.807, 2.05) is 6.07 Å². The van der Waals surface area contributed by atoms with Gasteiger partial charge in [-0.2, -0.15) is 5.26 Å². The number of anilines is 1. The molecule has 6 heteroatoms. The highest BCUT2D eigenvalue weighted by molar-refractivity contribution is 7.18. The van der Waals surface area contributed by atoms with Crippen LogP contribution in [0.2, 0.25) is 0 Å². The molecule has 0 aliphatic heterocycles. The SMILES string of the molecule is N#Cc1cccc(C(=O)Nc2ccc(C(=O)O)s2)c1. The molecule has 5 nitrogen and oxygen atoms in total. The number of nitrogens with one attached hydrogen (secondary N) is 1. The Labute approximate surface area is 112 Å². The fourth-order valence-corrected chi connectivity index (χ4v) is 2.17. The van der Waals surface area contributed by atoms with Gasteiger partial charge in [0, 0.05) is 5.56 Å². The van der Waals surface area contributed by atoms with Gasteiger partial charge in [0.1, 0.15) is 4.88 Å². The van der Waals surface area contributed by atoms with Crippen molar-refractivity contribution in [3.63, 3.8) is 0 Å². The monoisotopic (exact) mass is 272 g/mol. The summed E-state index contributed by atoms with van der Waals surface area (Å²) in [5.74, 6) is -1.41. The Hall–Kier alpha value is -2.65. The topological polar surface area (TPSA) is 90.2 Å². The van der Waals surface area contributed by atoms with Crippen molar-refractivity contribution >= 4 is 28.2 Å². The van der Waals surface area contributed by atoms with Crippen molar-refractivity contribution < 1.29 is 14.7 Å². The Kier molecular flexibility index (Phi) is 3.59. The molecule has 1 amide bonds. The van der Waals surface area contributed by atoms with Crippen LogP contribution >= 0.6 is 11.3 Å². The first-order valence-electron chi connectivity index (χ1n) is 5.25. The van der Waals surface area contributed by atoms with E-state index in [0.29, 0.717) is 16.1 Å². The van der Waals surface area contributed by atoms with Crippen LogP contribution < -0.4 is 5.32 Å². The third-order valence-electron chi connectivity index (χ3n) is 2.31. The van der Waals surface area contributed by atoms with Crippen LogP contribution in [0.25, 0.3) is 0 Å². The molecule has 0 spiro atoms. The van der Waals surface area contributed by atoms with Gasteiger partial charge in [-0.05, 0) is 30.3 Å².